The molecule has 0 amide bonds. The predicted molar refractivity (Wildman–Crippen MR) is 61.6 cm³/mol. The second-order valence-corrected chi connectivity index (χ2v) is 4.08. The summed E-state index contributed by atoms with van der Waals surface area (Å²) >= 11 is 0. The standard InChI is InChI=1S/C12H14N2O2/c1-7-3-4-9(5-8(7)2)10-6-11(12(15)16)14-13-10/h3-5,11,14H,6H2,1-2H3,(H,15,16). The average Bonchev–Trinajstić information content (AvgIpc) is 2.71. The van der Waals surface area contributed by atoms with Crippen LogP contribution in [0, 0.1) is 13.8 Å². The van der Waals surface area contributed by atoms with Crippen LogP contribution in [0.4, 0.5) is 0 Å². The Kier molecular flexibility index (Phi) is 2.64. The van der Waals surface area contributed by atoms with E-state index >= 15 is 0 Å². The minimum Gasteiger partial charge on any atom is -0.480 e. The molecule has 0 aliphatic carbocycles. The molecule has 1 aliphatic rings. The topological polar surface area (TPSA) is 61.7 Å². The van der Waals surface area contributed by atoms with Crippen LogP contribution in [0.25, 0.3) is 0 Å². The van der Waals surface area contributed by atoms with Gasteiger partial charge in [0, 0.05) is 6.42 Å². The van der Waals surface area contributed by atoms with Crippen molar-refractivity contribution < 1.29 is 9.90 Å². The number of carboxylic acid groups (broad SMARTS) is 1. The van der Waals surface area contributed by atoms with E-state index in [-0.39, 0.29) is 0 Å². The largest absolute Gasteiger partial charge is 0.480 e. The molecule has 0 spiro atoms. The van der Waals surface area contributed by atoms with Crippen molar-refractivity contribution in [2.45, 2.75) is 26.3 Å². The summed E-state index contributed by atoms with van der Waals surface area (Å²) in [6.07, 6.45) is 0.442. The molecule has 1 unspecified atom stereocenters. The maximum absolute atomic E-state index is 10.8. The maximum Gasteiger partial charge on any atom is 0.328 e. The smallest absolute Gasteiger partial charge is 0.328 e. The van der Waals surface area contributed by atoms with Crippen molar-refractivity contribution >= 4 is 11.7 Å². The molecule has 0 fully saturated rings. The molecular weight excluding hydrogens is 204 g/mol. The number of nitrogens with zero attached hydrogens (tertiary/aromatic N) is 1. The molecule has 84 valence electrons. The summed E-state index contributed by atoms with van der Waals surface area (Å²) in [6, 6.07) is 5.46. The minimum atomic E-state index is -0.859. The van der Waals surface area contributed by atoms with Crippen molar-refractivity contribution in [3.8, 4) is 0 Å². The van der Waals surface area contributed by atoms with Gasteiger partial charge in [0.1, 0.15) is 6.04 Å². The van der Waals surface area contributed by atoms with Gasteiger partial charge in [-0.3, -0.25) is 5.43 Å². The fourth-order valence-electron chi connectivity index (χ4n) is 1.69. The van der Waals surface area contributed by atoms with Gasteiger partial charge in [-0.25, -0.2) is 4.79 Å². The van der Waals surface area contributed by atoms with Crippen LogP contribution < -0.4 is 5.43 Å². The normalized spacial score (nSPS) is 19.1. The van der Waals surface area contributed by atoms with Crippen LogP contribution in [0.2, 0.25) is 0 Å². The van der Waals surface area contributed by atoms with Crippen LogP contribution in [0.1, 0.15) is 23.1 Å². The third kappa shape index (κ3) is 1.91. The van der Waals surface area contributed by atoms with Gasteiger partial charge >= 0.3 is 5.97 Å². The van der Waals surface area contributed by atoms with Gasteiger partial charge in [0.15, 0.2) is 0 Å². The number of hydrogen-bond acceptors (Lipinski definition) is 3. The lowest BCUT2D eigenvalue weighted by Crippen LogP contribution is -2.29. The Morgan fingerprint density at radius 3 is 2.75 bits per heavy atom. The third-order valence-corrected chi connectivity index (χ3v) is 2.89. The highest BCUT2D eigenvalue weighted by Crippen LogP contribution is 2.15. The lowest BCUT2D eigenvalue weighted by atomic mass is 10.00. The molecule has 0 saturated carbocycles. The van der Waals surface area contributed by atoms with Gasteiger partial charge in [-0.15, -0.1) is 0 Å². The highest BCUT2D eigenvalue weighted by molar-refractivity contribution is 6.04. The molecule has 1 aromatic carbocycles. The summed E-state index contributed by atoms with van der Waals surface area (Å²) in [5.74, 6) is -0.859. The number of hydrogen-bond donors (Lipinski definition) is 2. The van der Waals surface area contributed by atoms with Gasteiger partial charge in [-0.1, -0.05) is 12.1 Å². The zero-order valence-electron chi connectivity index (χ0n) is 9.32. The van der Waals surface area contributed by atoms with Crippen LogP contribution >= 0.6 is 0 Å². The first-order chi connectivity index (χ1) is 7.58. The molecule has 4 nitrogen and oxygen atoms in total. The van der Waals surface area contributed by atoms with Crippen LogP contribution in [-0.4, -0.2) is 22.8 Å². The van der Waals surface area contributed by atoms with Gasteiger partial charge in [0.05, 0.1) is 5.71 Å². The zero-order chi connectivity index (χ0) is 11.7. The number of aliphatic carboxylic acids is 1. The Bertz CT molecular complexity index is 466. The van der Waals surface area contributed by atoms with Gasteiger partial charge in [0.25, 0.3) is 0 Å². The highest BCUT2D eigenvalue weighted by Gasteiger charge is 2.25. The molecule has 0 radical (unpaired) electrons. The van der Waals surface area contributed by atoms with Crippen molar-refractivity contribution in [2.24, 2.45) is 5.10 Å². The van der Waals surface area contributed by atoms with E-state index in [4.69, 9.17) is 5.11 Å². The number of aryl methyl sites for hydroxylation is 2. The van der Waals surface area contributed by atoms with Crippen molar-refractivity contribution in [1.82, 2.24) is 5.43 Å². The summed E-state index contributed by atoms with van der Waals surface area (Å²) in [5.41, 5.74) is 6.86. The summed E-state index contributed by atoms with van der Waals surface area (Å²) in [5, 5.41) is 12.9. The molecule has 0 saturated heterocycles. The van der Waals surface area contributed by atoms with Crippen molar-refractivity contribution in [3.05, 3.63) is 34.9 Å². The Balaban J connectivity index is 2.21. The van der Waals surface area contributed by atoms with E-state index < -0.39 is 12.0 Å². The van der Waals surface area contributed by atoms with E-state index in [9.17, 15) is 4.79 Å². The van der Waals surface area contributed by atoms with E-state index in [1.54, 1.807) is 0 Å². The van der Waals surface area contributed by atoms with Crippen LogP contribution in [0.3, 0.4) is 0 Å². The summed E-state index contributed by atoms with van der Waals surface area (Å²) in [7, 11) is 0. The first-order valence-corrected chi connectivity index (χ1v) is 5.20. The Morgan fingerprint density at radius 2 is 2.19 bits per heavy atom. The number of hydrazone groups is 1. The van der Waals surface area contributed by atoms with Crippen LogP contribution in [-0.2, 0) is 4.79 Å². The first-order valence-electron chi connectivity index (χ1n) is 5.20. The second-order valence-electron chi connectivity index (χ2n) is 4.08. The van der Waals surface area contributed by atoms with Crippen LogP contribution in [0.15, 0.2) is 23.3 Å². The van der Waals surface area contributed by atoms with E-state index in [1.807, 2.05) is 32.0 Å². The van der Waals surface area contributed by atoms with E-state index in [0.29, 0.717) is 6.42 Å². The highest BCUT2D eigenvalue weighted by atomic mass is 16.4. The molecule has 1 aliphatic heterocycles. The summed E-state index contributed by atoms with van der Waals surface area (Å²) in [6.45, 7) is 4.09. The van der Waals surface area contributed by atoms with Crippen molar-refractivity contribution in [2.75, 3.05) is 0 Å². The number of benzene rings is 1. The SMILES string of the molecule is Cc1ccc(C2=NNC(C(=O)O)C2)cc1C. The molecule has 1 atom stereocenters. The van der Waals surface area contributed by atoms with E-state index in [0.717, 1.165) is 11.3 Å². The first kappa shape index (κ1) is 10.7. The molecule has 1 heterocycles. The monoisotopic (exact) mass is 218 g/mol. The Morgan fingerprint density at radius 1 is 1.44 bits per heavy atom. The van der Waals surface area contributed by atoms with Gasteiger partial charge in [-0.05, 0) is 36.6 Å². The number of carboxylic acids is 1. The number of carbonyl (C=O) groups is 1. The number of rotatable bonds is 2. The quantitative estimate of drug-likeness (QED) is 0.789. The molecule has 4 heteroatoms. The molecule has 0 bridgehead atoms. The Labute approximate surface area is 94.0 Å². The predicted octanol–water partition coefficient (Wildman–Crippen LogP) is 1.45. The summed E-state index contributed by atoms with van der Waals surface area (Å²) < 4.78 is 0. The lowest BCUT2D eigenvalue weighted by molar-refractivity contribution is -0.139. The second kappa shape index (κ2) is 3.96. The average molecular weight is 218 g/mol. The van der Waals surface area contributed by atoms with Gasteiger partial charge in [-0.2, -0.15) is 5.10 Å². The molecule has 2 N–H and O–H groups in total. The van der Waals surface area contributed by atoms with E-state index in [2.05, 4.69) is 10.5 Å². The Hall–Kier alpha value is -1.84. The molecule has 1 aromatic rings. The van der Waals surface area contributed by atoms with Crippen molar-refractivity contribution in [3.63, 3.8) is 0 Å². The molecule has 16 heavy (non-hydrogen) atoms. The molecule has 0 aromatic heterocycles. The minimum absolute atomic E-state index is 0.442. The van der Waals surface area contributed by atoms with Gasteiger partial charge in [0.2, 0.25) is 0 Å². The molecule has 2 rings (SSSR count). The zero-order valence-corrected chi connectivity index (χ0v) is 9.32. The number of nitrogens with one attached hydrogen (secondary N) is 1. The lowest BCUT2D eigenvalue weighted by Gasteiger charge is -2.04. The van der Waals surface area contributed by atoms with E-state index in [1.165, 1.54) is 11.1 Å². The van der Waals surface area contributed by atoms with Crippen LogP contribution in [0.5, 0.6) is 0 Å². The fraction of sp³-hybridized carbons (Fsp3) is 0.333. The third-order valence-electron chi connectivity index (χ3n) is 2.89. The fourth-order valence-corrected chi connectivity index (χ4v) is 1.69. The van der Waals surface area contributed by atoms with Crippen molar-refractivity contribution in [1.29, 1.82) is 0 Å². The summed E-state index contributed by atoms with van der Waals surface area (Å²) in [4.78, 5) is 10.8. The molecular formula is C12H14N2O2. The maximum atomic E-state index is 10.8. The van der Waals surface area contributed by atoms with Gasteiger partial charge < -0.3 is 5.11 Å².